The Labute approximate surface area is 183 Å². The first-order chi connectivity index (χ1) is 14.0. The van der Waals surface area contributed by atoms with Crippen molar-refractivity contribution in [3.63, 3.8) is 0 Å². The van der Waals surface area contributed by atoms with Crippen LogP contribution in [-0.2, 0) is 6.54 Å². The van der Waals surface area contributed by atoms with Gasteiger partial charge in [0.1, 0.15) is 0 Å². The Kier molecular flexibility index (Phi) is 5.79. The molecule has 0 unspecified atom stereocenters. The number of thiazole rings is 1. The Morgan fingerprint density at radius 1 is 1.00 bits per heavy atom. The first-order valence-electron chi connectivity index (χ1n) is 9.54. The summed E-state index contributed by atoms with van der Waals surface area (Å²) in [5.41, 5.74) is 3.92. The molecule has 0 aliphatic rings. The van der Waals surface area contributed by atoms with Gasteiger partial charge in [-0.05, 0) is 47.4 Å². The second-order valence-corrected chi connectivity index (χ2v) is 9.15. The van der Waals surface area contributed by atoms with Gasteiger partial charge in [0.15, 0.2) is 5.13 Å². The largest absolute Gasteiger partial charge is 0.279 e. The van der Waals surface area contributed by atoms with Crippen molar-refractivity contribution < 1.29 is 4.79 Å². The molecule has 0 bridgehead atoms. The number of halogens is 1. The molecule has 0 fully saturated rings. The Bertz CT molecular complexity index is 1140. The Morgan fingerprint density at radius 2 is 1.72 bits per heavy atom. The number of aromatic nitrogens is 1. The molecule has 1 amide bonds. The number of nitrogens with zero attached hydrogens (tertiary/aromatic N) is 2. The summed E-state index contributed by atoms with van der Waals surface area (Å²) >= 11 is 5.01. The minimum Gasteiger partial charge on any atom is -0.279 e. The van der Waals surface area contributed by atoms with Crippen molar-refractivity contribution in [2.45, 2.75) is 26.3 Å². The fourth-order valence-electron chi connectivity index (χ4n) is 3.28. The highest BCUT2D eigenvalue weighted by molar-refractivity contribution is 9.10. The van der Waals surface area contributed by atoms with Crippen molar-refractivity contribution in [2.75, 3.05) is 4.90 Å². The lowest BCUT2D eigenvalue weighted by Gasteiger charge is -2.20. The summed E-state index contributed by atoms with van der Waals surface area (Å²) in [4.78, 5) is 20.1. The van der Waals surface area contributed by atoms with Crippen molar-refractivity contribution in [1.29, 1.82) is 0 Å². The molecular weight excluding hydrogens is 444 g/mol. The maximum Gasteiger partial charge on any atom is 0.260 e. The van der Waals surface area contributed by atoms with Gasteiger partial charge in [-0.3, -0.25) is 9.69 Å². The zero-order chi connectivity index (χ0) is 20.4. The average molecular weight is 465 g/mol. The molecule has 4 rings (SSSR count). The number of hydrogen-bond donors (Lipinski definition) is 0. The summed E-state index contributed by atoms with van der Waals surface area (Å²) in [6.07, 6.45) is 0. The van der Waals surface area contributed by atoms with Crippen LogP contribution in [-0.4, -0.2) is 10.9 Å². The molecule has 0 atom stereocenters. The zero-order valence-corrected chi connectivity index (χ0v) is 18.7. The molecule has 1 aromatic heterocycles. The van der Waals surface area contributed by atoms with Crippen LogP contribution < -0.4 is 4.90 Å². The van der Waals surface area contributed by atoms with Crippen molar-refractivity contribution in [2.24, 2.45) is 0 Å². The fourth-order valence-corrected chi connectivity index (χ4v) is 4.54. The van der Waals surface area contributed by atoms with Crippen LogP contribution in [0.2, 0.25) is 0 Å². The minimum atomic E-state index is -0.0495. The van der Waals surface area contributed by atoms with E-state index in [1.165, 1.54) is 5.56 Å². The number of rotatable bonds is 5. The van der Waals surface area contributed by atoms with Crippen molar-refractivity contribution in [3.05, 3.63) is 94.0 Å². The van der Waals surface area contributed by atoms with Crippen LogP contribution in [0.4, 0.5) is 5.13 Å². The lowest BCUT2D eigenvalue weighted by Crippen LogP contribution is -2.30. The lowest BCUT2D eigenvalue weighted by atomic mass is 10.0. The molecule has 1 heterocycles. The molecule has 29 heavy (non-hydrogen) atoms. The molecule has 0 aliphatic carbocycles. The van der Waals surface area contributed by atoms with E-state index in [0.29, 0.717) is 18.0 Å². The first kappa shape index (κ1) is 19.8. The highest BCUT2D eigenvalue weighted by Gasteiger charge is 2.22. The number of anilines is 1. The van der Waals surface area contributed by atoms with Gasteiger partial charge in [-0.25, -0.2) is 4.98 Å². The molecule has 0 saturated carbocycles. The molecule has 146 valence electrons. The minimum absolute atomic E-state index is 0.0495. The molecule has 0 N–H and O–H groups in total. The number of amides is 1. The van der Waals surface area contributed by atoms with Crippen molar-refractivity contribution in [1.82, 2.24) is 4.98 Å². The predicted octanol–water partition coefficient (Wildman–Crippen LogP) is 7.03. The normalized spacial score (nSPS) is 11.2. The van der Waals surface area contributed by atoms with Crippen LogP contribution in [0, 0.1) is 0 Å². The molecule has 5 heteroatoms. The third-order valence-corrected chi connectivity index (χ3v) is 6.38. The van der Waals surface area contributed by atoms with E-state index in [0.717, 1.165) is 25.4 Å². The number of benzene rings is 3. The number of fused-ring (bicyclic) bond motifs is 1. The molecule has 0 saturated heterocycles. The van der Waals surface area contributed by atoms with Crippen molar-refractivity contribution in [3.8, 4) is 0 Å². The van der Waals surface area contributed by atoms with Crippen LogP contribution in [0.1, 0.15) is 41.3 Å². The Balaban J connectivity index is 1.79. The molecule has 4 aromatic rings. The highest BCUT2D eigenvalue weighted by atomic mass is 79.9. The molecule has 3 nitrogen and oxygen atoms in total. The van der Waals surface area contributed by atoms with Gasteiger partial charge < -0.3 is 0 Å². The predicted molar refractivity (Wildman–Crippen MR) is 125 cm³/mol. The van der Waals surface area contributed by atoms with E-state index >= 15 is 0 Å². The summed E-state index contributed by atoms with van der Waals surface area (Å²) in [5, 5.41) is 0.727. The second kappa shape index (κ2) is 8.47. The van der Waals surface area contributed by atoms with E-state index in [4.69, 9.17) is 4.98 Å². The summed E-state index contributed by atoms with van der Waals surface area (Å²) < 4.78 is 2.05. The van der Waals surface area contributed by atoms with E-state index in [-0.39, 0.29) is 5.91 Å². The average Bonchev–Trinajstić information content (AvgIpc) is 3.16. The van der Waals surface area contributed by atoms with E-state index in [1.807, 2.05) is 54.6 Å². The van der Waals surface area contributed by atoms with Crippen LogP contribution >= 0.6 is 27.3 Å². The van der Waals surface area contributed by atoms with Gasteiger partial charge in [0.2, 0.25) is 0 Å². The third kappa shape index (κ3) is 4.26. The van der Waals surface area contributed by atoms with Gasteiger partial charge in [0.05, 0.1) is 16.8 Å². The summed E-state index contributed by atoms with van der Waals surface area (Å²) in [5.74, 6) is 0.324. The molecule has 0 spiro atoms. The quantitative estimate of drug-likeness (QED) is 0.317. The highest BCUT2D eigenvalue weighted by Crippen LogP contribution is 2.34. The SMILES string of the molecule is CC(C)c1cccc2sc(N(Cc3ccccc3)C(=O)c3ccc(Br)cc3)nc12. The van der Waals surface area contributed by atoms with Gasteiger partial charge in [-0.1, -0.05) is 83.6 Å². The molecular formula is C24H21BrN2OS. The number of hydrogen-bond acceptors (Lipinski definition) is 3. The van der Waals surface area contributed by atoms with Crippen LogP contribution in [0.25, 0.3) is 10.2 Å². The van der Waals surface area contributed by atoms with Gasteiger partial charge in [0.25, 0.3) is 5.91 Å². The van der Waals surface area contributed by atoms with Gasteiger partial charge in [0, 0.05) is 10.0 Å². The monoisotopic (exact) mass is 464 g/mol. The summed E-state index contributed by atoms with van der Waals surface area (Å²) in [7, 11) is 0. The first-order valence-corrected chi connectivity index (χ1v) is 11.1. The number of carbonyl (C=O) groups excluding carboxylic acids is 1. The standard InChI is InChI=1S/C24H21BrN2OS/c1-16(2)20-9-6-10-21-22(20)26-24(29-21)27(15-17-7-4-3-5-8-17)23(28)18-11-13-19(25)14-12-18/h3-14,16H,15H2,1-2H3. The third-order valence-electron chi connectivity index (χ3n) is 4.81. The summed E-state index contributed by atoms with van der Waals surface area (Å²) in [6, 6.07) is 23.8. The van der Waals surface area contributed by atoms with Crippen LogP contribution in [0.15, 0.2) is 77.3 Å². The number of para-hydroxylation sites is 1. The second-order valence-electron chi connectivity index (χ2n) is 7.23. The van der Waals surface area contributed by atoms with Gasteiger partial charge in [-0.2, -0.15) is 0 Å². The van der Waals surface area contributed by atoms with E-state index in [1.54, 1.807) is 16.2 Å². The fraction of sp³-hybridized carbons (Fsp3) is 0.167. The van der Waals surface area contributed by atoms with Gasteiger partial charge in [-0.15, -0.1) is 0 Å². The van der Waals surface area contributed by atoms with E-state index in [2.05, 4.69) is 48.0 Å². The molecule has 0 radical (unpaired) electrons. The summed E-state index contributed by atoms with van der Waals surface area (Å²) in [6.45, 7) is 4.82. The Morgan fingerprint density at radius 3 is 2.41 bits per heavy atom. The van der Waals surface area contributed by atoms with Crippen molar-refractivity contribution >= 4 is 48.5 Å². The van der Waals surface area contributed by atoms with E-state index in [9.17, 15) is 4.79 Å². The smallest absolute Gasteiger partial charge is 0.260 e. The molecule has 0 aliphatic heterocycles. The number of carbonyl (C=O) groups is 1. The molecule has 3 aromatic carbocycles. The van der Waals surface area contributed by atoms with Crippen LogP contribution in [0.3, 0.4) is 0 Å². The maximum absolute atomic E-state index is 13.4. The van der Waals surface area contributed by atoms with E-state index < -0.39 is 0 Å². The lowest BCUT2D eigenvalue weighted by molar-refractivity contribution is 0.0985. The Hall–Kier alpha value is -2.50. The maximum atomic E-state index is 13.4. The van der Waals surface area contributed by atoms with Crippen LogP contribution in [0.5, 0.6) is 0 Å². The zero-order valence-electron chi connectivity index (χ0n) is 16.3. The van der Waals surface area contributed by atoms with Gasteiger partial charge >= 0.3 is 0 Å². The topological polar surface area (TPSA) is 33.2 Å².